The third kappa shape index (κ3) is 4.11. The molecule has 1 heterocycles. The van der Waals surface area contributed by atoms with Crippen LogP contribution in [0, 0.1) is 11.3 Å². The van der Waals surface area contributed by atoms with Gasteiger partial charge in [0.15, 0.2) is 5.69 Å². The van der Waals surface area contributed by atoms with Gasteiger partial charge in [-0.2, -0.15) is 18.4 Å². The maximum Gasteiger partial charge on any atom is 0.433 e. The molecule has 114 valence electrons. The second-order valence-electron chi connectivity index (χ2n) is 3.82. The van der Waals surface area contributed by atoms with E-state index >= 15 is 0 Å². The number of aromatic nitrogens is 1. The number of ether oxygens (including phenoxy) is 1. The number of rotatable bonds is 4. The van der Waals surface area contributed by atoms with E-state index < -0.39 is 47.5 Å². The van der Waals surface area contributed by atoms with Gasteiger partial charge in [0.2, 0.25) is 0 Å². The van der Waals surface area contributed by atoms with E-state index in [1.807, 2.05) is 0 Å². The zero-order valence-corrected chi connectivity index (χ0v) is 10.7. The molecule has 0 aromatic carbocycles. The number of nitrogens with zero attached hydrogens (tertiary/aromatic N) is 2. The molecule has 9 heteroatoms. The molecule has 0 N–H and O–H groups in total. The molecular weight excluding hydrogens is 299 g/mol. The Labute approximate surface area is 116 Å². The number of alkyl halides is 5. The molecule has 0 amide bonds. The Bertz CT molecular complexity index is 578. The zero-order chi connectivity index (χ0) is 16.2. The van der Waals surface area contributed by atoms with E-state index in [1.165, 1.54) is 13.0 Å². The van der Waals surface area contributed by atoms with Gasteiger partial charge in [-0.1, -0.05) is 0 Å². The maximum absolute atomic E-state index is 12.9. The van der Waals surface area contributed by atoms with Crippen LogP contribution in [0.2, 0.25) is 0 Å². The highest BCUT2D eigenvalue weighted by Crippen LogP contribution is 2.37. The molecule has 0 aliphatic carbocycles. The lowest BCUT2D eigenvalue weighted by atomic mass is 10.0. The number of nitriles is 1. The van der Waals surface area contributed by atoms with Gasteiger partial charge in [0.25, 0.3) is 6.43 Å². The van der Waals surface area contributed by atoms with E-state index in [2.05, 4.69) is 9.72 Å². The molecule has 0 saturated heterocycles. The Morgan fingerprint density at radius 1 is 1.48 bits per heavy atom. The maximum atomic E-state index is 12.9. The molecule has 0 saturated carbocycles. The molecule has 1 aromatic rings. The average molecular weight is 308 g/mol. The van der Waals surface area contributed by atoms with Crippen LogP contribution in [0.3, 0.4) is 0 Å². The van der Waals surface area contributed by atoms with Gasteiger partial charge >= 0.3 is 12.1 Å². The first-order valence-corrected chi connectivity index (χ1v) is 5.65. The third-order valence-electron chi connectivity index (χ3n) is 2.39. The highest BCUT2D eigenvalue weighted by molar-refractivity contribution is 5.73. The Kier molecular flexibility index (Phi) is 5.18. The molecule has 4 nitrogen and oxygen atoms in total. The molecule has 0 aliphatic rings. The van der Waals surface area contributed by atoms with Gasteiger partial charge in [-0.05, 0) is 18.6 Å². The topological polar surface area (TPSA) is 63.0 Å². The molecular formula is C12H9F5N2O2. The second-order valence-corrected chi connectivity index (χ2v) is 3.82. The molecule has 1 rings (SSSR count). The third-order valence-corrected chi connectivity index (χ3v) is 2.39. The predicted molar refractivity (Wildman–Crippen MR) is 59.2 cm³/mol. The van der Waals surface area contributed by atoms with Crippen LogP contribution in [0.5, 0.6) is 0 Å². The summed E-state index contributed by atoms with van der Waals surface area (Å²) in [6.45, 7) is 1.41. The first kappa shape index (κ1) is 16.8. The lowest BCUT2D eigenvalue weighted by Crippen LogP contribution is -2.18. The Balaban J connectivity index is 3.46. The average Bonchev–Trinajstić information content (AvgIpc) is 2.36. The summed E-state index contributed by atoms with van der Waals surface area (Å²) < 4.78 is 68.6. The summed E-state index contributed by atoms with van der Waals surface area (Å²) in [5.41, 5.74) is -4.60. The normalized spacial score (nSPS) is 11.3. The number of carbonyl (C=O) groups excluding carboxylic acids is 1. The quantitative estimate of drug-likeness (QED) is 0.633. The molecule has 0 bridgehead atoms. The standard InChI is InChI=1S/C12H9F5N2O2/c1-2-21-8(20)4-6-3-7(5-18)19-10(12(15,16)17)9(6)11(13)14/h3,11H,2,4H2,1H3. The summed E-state index contributed by atoms with van der Waals surface area (Å²) in [6, 6.07) is 2.07. The van der Waals surface area contributed by atoms with Crippen molar-refractivity contribution < 1.29 is 31.5 Å². The summed E-state index contributed by atoms with van der Waals surface area (Å²) >= 11 is 0. The summed E-state index contributed by atoms with van der Waals surface area (Å²) in [5.74, 6) is -0.970. The van der Waals surface area contributed by atoms with Crippen molar-refractivity contribution in [2.75, 3.05) is 6.61 Å². The minimum Gasteiger partial charge on any atom is -0.466 e. The van der Waals surface area contributed by atoms with Gasteiger partial charge in [-0.25, -0.2) is 13.8 Å². The van der Waals surface area contributed by atoms with Gasteiger partial charge in [0.1, 0.15) is 11.8 Å². The highest BCUT2D eigenvalue weighted by Gasteiger charge is 2.39. The number of carbonyl (C=O) groups is 1. The van der Waals surface area contributed by atoms with Crippen LogP contribution in [0.4, 0.5) is 22.0 Å². The van der Waals surface area contributed by atoms with Gasteiger partial charge in [-0.3, -0.25) is 4.79 Å². The van der Waals surface area contributed by atoms with Crippen molar-refractivity contribution >= 4 is 5.97 Å². The van der Waals surface area contributed by atoms with Crippen molar-refractivity contribution in [2.24, 2.45) is 0 Å². The molecule has 0 fully saturated rings. The van der Waals surface area contributed by atoms with E-state index in [4.69, 9.17) is 5.26 Å². The molecule has 1 aromatic heterocycles. The van der Waals surface area contributed by atoms with Crippen LogP contribution < -0.4 is 0 Å². The second kappa shape index (κ2) is 6.47. The minimum absolute atomic E-state index is 0.0504. The fraction of sp³-hybridized carbons (Fsp3) is 0.417. The van der Waals surface area contributed by atoms with Crippen molar-refractivity contribution in [3.05, 3.63) is 28.6 Å². The summed E-state index contributed by atoms with van der Waals surface area (Å²) in [4.78, 5) is 14.2. The SMILES string of the molecule is CCOC(=O)Cc1cc(C#N)nc(C(F)(F)F)c1C(F)F. The van der Waals surface area contributed by atoms with E-state index in [-0.39, 0.29) is 6.61 Å². The molecule has 0 radical (unpaired) electrons. The summed E-state index contributed by atoms with van der Waals surface area (Å²) in [6.07, 6.45) is -9.46. The van der Waals surface area contributed by atoms with Crippen LogP contribution in [0.1, 0.15) is 35.9 Å². The smallest absolute Gasteiger partial charge is 0.433 e. The lowest BCUT2D eigenvalue weighted by molar-refractivity contribution is -0.144. The van der Waals surface area contributed by atoms with Gasteiger partial charge in [-0.15, -0.1) is 0 Å². The number of hydrogen-bond donors (Lipinski definition) is 0. The van der Waals surface area contributed by atoms with E-state index in [0.29, 0.717) is 0 Å². The summed E-state index contributed by atoms with van der Waals surface area (Å²) in [5, 5.41) is 8.64. The molecule has 0 spiro atoms. The Morgan fingerprint density at radius 2 is 2.10 bits per heavy atom. The monoisotopic (exact) mass is 308 g/mol. The first-order valence-electron chi connectivity index (χ1n) is 5.65. The number of pyridine rings is 1. The van der Waals surface area contributed by atoms with Gasteiger partial charge in [0.05, 0.1) is 18.6 Å². The number of esters is 1. The summed E-state index contributed by atoms with van der Waals surface area (Å²) in [7, 11) is 0. The Morgan fingerprint density at radius 3 is 2.52 bits per heavy atom. The van der Waals surface area contributed by atoms with Crippen molar-refractivity contribution in [1.82, 2.24) is 4.98 Å². The Hall–Kier alpha value is -2.24. The van der Waals surface area contributed by atoms with Crippen molar-refractivity contribution in [3.63, 3.8) is 0 Å². The van der Waals surface area contributed by atoms with Gasteiger partial charge < -0.3 is 4.74 Å². The largest absolute Gasteiger partial charge is 0.466 e. The molecule has 21 heavy (non-hydrogen) atoms. The van der Waals surface area contributed by atoms with E-state index in [0.717, 1.165) is 6.07 Å². The predicted octanol–water partition coefficient (Wildman–Crippen LogP) is 3.02. The zero-order valence-electron chi connectivity index (χ0n) is 10.7. The molecule has 0 aliphatic heterocycles. The number of halogens is 5. The molecule has 0 unspecified atom stereocenters. The number of hydrogen-bond acceptors (Lipinski definition) is 4. The van der Waals surface area contributed by atoms with E-state index in [1.54, 1.807) is 0 Å². The fourth-order valence-electron chi connectivity index (χ4n) is 1.64. The minimum atomic E-state index is -5.16. The van der Waals surface area contributed by atoms with E-state index in [9.17, 15) is 26.7 Å². The first-order chi connectivity index (χ1) is 9.70. The van der Waals surface area contributed by atoms with Crippen LogP contribution in [0.15, 0.2) is 6.07 Å². The van der Waals surface area contributed by atoms with Crippen molar-refractivity contribution in [2.45, 2.75) is 25.9 Å². The van der Waals surface area contributed by atoms with Crippen LogP contribution in [-0.2, 0) is 22.1 Å². The fourth-order valence-corrected chi connectivity index (χ4v) is 1.64. The lowest BCUT2D eigenvalue weighted by Gasteiger charge is -2.15. The van der Waals surface area contributed by atoms with Crippen LogP contribution >= 0.6 is 0 Å². The van der Waals surface area contributed by atoms with Crippen LogP contribution in [0.25, 0.3) is 0 Å². The van der Waals surface area contributed by atoms with Gasteiger partial charge in [0, 0.05) is 0 Å². The van der Waals surface area contributed by atoms with Crippen molar-refractivity contribution in [1.29, 1.82) is 5.26 Å². The highest BCUT2D eigenvalue weighted by atomic mass is 19.4. The van der Waals surface area contributed by atoms with Crippen LogP contribution in [-0.4, -0.2) is 17.6 Å². The molecule has 0 atom stereocenters. The van der Waals surface area contributed by atoms with Crippen molar-refractivity contribution in [3.8, 4) is 6.07 Å².